The number of piperidine rings is 1. The number of carbonyl (C=O) groups excluding carboxylic acids is 2. The minimum atomic E-state index is -0.164. The third-order valence-electron chi connectivity index (χ3n) is 4.42. The first-order valence-corrected chi connectivity index (χ1v) is 8.58. The monoisotopic (exact) mass is 348 g/mol. The lowest BCUT2D eigenvalue weighted by atomic mass is 10.0. The summed E-state index contributed by atoms with van der Waals surface area (Å²) in [6, 6.07) is 17.8. The van der Waals surface area contributed by atoms with Gasteiger partial charge in [0.2, 0.25) is 0 Å². The van der Waals surface area contributed by atoms with Gasteiger partial charge in [0.25, 0.3) is 5.91 Å². The van der Waals surface area contributed by atoms with E-state index >= 15 is 0 Å². The molecule has 0 spiro atoms. The van der Waals surface area contributed by atoms with Crippen LogP contribution >= 0.6 is 0 Å². The van der Waals surface area contributed by atoms with Crippen molar-refractivity contribution in [1.29, 1.82) is 5.26 Å². The molecule has 0 saturated carbocycles. The summed E-state index contributed by atoms with van der Waals surface area (Å²) in [5.41, 5.74) is 1.86. The van der Waals surface area contributed by atoms with Gasteiger partial charge in [-0.25, -0.2) is 4.79 Å². The molecule has 2 N–H and O–H groups in total. The number of anilines is 1. The van der Waals surface area contributed by atoms with Gasteiger partial charge >= 0.3 is 6.03 Å². The number of nitrogens with one attached hydrogen (secondary N) is 2. The van der Waals surface area contributed by atoms with Gasteiger partial charge < -0.3 is 15.5 Å². The van der Waals surface area contributed by atoms with Crippen LogP contribution in [0.5, 0.6) is 0 Å². The summed E-state index contributed by atoms with van der Waals surface area (Å²) >= 11 is 0. The first-order chi connectivity index (χ1) is 12.7. The van der Waals surface area contributed by atoms with Gasteiger partial charge in [-0.15, -0.1) is 0 Å². The molecule has 0 aromatic heterocycles. The van der Waals surface area contributed by atoms with Crippen LogP contribution < -0.4 is 10.6 Å². The molecule has 3 rings (SSSR count). The van der Waals surface area contributed by atoms with Crippen LogP contribution in [0.4, 0.5) is 10.5 Å². The van der Waals surface area contributed by atoms with Crippen molar-refractivity contribution in [2.45, 2.75) is 18.9 Å². The third-order valence-corrected chi connectivity index (χ3v) is 4.42. The Morgan fingerprint density at radius 2 is 1.65 bits per heavy atom. The Bertz CT molecular complexity index is 804. The lowest BCUT2D eigenvalue weighted by Gasteiger charge is -2.32. The Hall–Kier alpha value is -3.33. The Morgan fingerprint density at radius 3 is 2.27 bits per heavy atom. The maximum absolute atomic E-state index is 12.3. The van der Waals surface area contributed by atoms with E-state index in [0.717, 1.165) is 12.8 Å². The van der Waals surface area contributed by atoms with Crippen molar-refractivity contribution in [2.24, 2.45) is 0 Å². The summed E-state index contributed by atoms with van der Waals surface area (Å²) < 4.78 is 0. The van der Waals surface area contributed by atoms with Gasteiger partial charge in [-0.05, 0) is 49.2 Å². The largest absolute Gasteiger partial charge is 0.349 e. The molecule has 0 radical (unpaired) electrons. The van der Waals surface area contributed by atoms with E-state index in [2.05, 4.69) is 10.6 Å². The zero-order valence-corrected chi connectivity index (χ0v) is 14.3. The summed E-state index contributed by atoms with van der Waals surface area (Å²) in [6.07, 6.45) is 1.44. The van der Waals surface area contributed by atoms with Crippen molar-refractivity contribution in [3.63, 3.8) is 0 Å². The average molecular weight is 348 g/mol. The molecule has 2 aromatic rings. The summed E-state index contributed by atoms with van der Waals surface area (Å²) in [6.45, 7) is 1.17. The molecule has 0 atom stereocenters. The molecule has 1 fully saturated rings. The molecule has 1 saturated heterocycles. The number of carbonyl (C=O) groups is 2. The Balaban J connectivity index is 1.47. The zero-order chi connectivity index (χ0) is 18.4. The highest BCUT2D eigenvalue weighted by Crippen LogP contribution is 2.14. The molecule has 26 heavy (non-hydrogen) atoms. The quantitative estimate of drug-likeness (QED) is 0.894. The minimum Gasteiger partial charge on any atom is -0.349 e. The van der Waals surface area contributed by atoms with E-state index in [4.69, 9.17) is 5.26 Å². The molecule has 132 valence electrons. The first-order valence-electron chi connectivity index (χ1n) is 8.58. The molecule has 1 aliphatic rings. The Morgan fingerprint density at radius 1 is 1.00 bits per heavy atom. The van der Waals surface area contributed by atoms with Gasteiger partial charge in [0.15, 0.2) is 0 Å². The van der Waals surface area contributed by atoms with E-state index < -0.39 is 0 Å². The second kappa shape index (κ2) is 8.17. The van der Waals surface area contributed by atoms with Crippen LogP contribution in [0.3, 0.4) is 0 Å². The fourth-order valence-corrected chi connectivity index (χ4v) is 2.92. The topological polar surface area (TPSA) is 85.2 Å². The SMILES string of the molecule is N#Cc1ccc(NC(=O)N2CCC(NC(=O)c3ccccc3)CC2)cc1. The molecule has 3 amide bonds. The van der Waals surface area contributed by atoms with Crippen molar-refractivity contribution >= 4 is 17.6 Å². The third kappa shape index (κ3) is 4.39. The number of rotatable bonds is 3. The van der Waals surface area contributed by atoms with Crippen molar-refractivity contribution < 1.29 is 9.59 Å². The van der Waals surface area contributed by atoms with Crippen LogP contribution in [0.1, 0.15) is 28.8 Å². The van der Waals surface area contributed by atoms with E-state index in [0.29, 0.717) is 29.9 Å². The van der Waals surface area contributed by atoms with Gasteiger partial charge in [-0.1, -0.05) is 18.2 Å². The predicted octanol–water partition coefficient (Wildman–Crippen LogP) is 2.98. The fraction of sp³-hybridized carbons (Fsp3) is 0.250. The van der Waals surface area contributed by atoms with Crippen LogP contribution in [0.15, 0.2) is 54.6 Å². The highest BCUT2D eigenvalue weighted by atomic mass is 16.2. The van der Waals surface area contributed by atoms with Gasteiger partial charge in [-0.3, -0.25) is 4.79 Å². The molecular formula is C20H20N4O2. The average Bonchev–Trinajstić information content (AvgIpc) is 2.69. The molecule has 2 aromatic carbocycles. The molecule has 1 heterocycles. The van der Waals surface area contributed by atoms with Crippen LogP contribution in [-0.2, 0) is 0 Å². The van der Waals surface area contributed by atoms with E-state index in [9.17, 15) is 9.59 Å². The van der Waals surface area contributed by atoms with Gasteiger partial charge in [0.1, 0.15) is 0 Å². The molecule has 0 aliphatic carbocycles. The Labute approximate surface area is 152 Å². The van der Waals surface area contributed by atoms with E-state index in [1.54, 1.807) is 41.3 Å². The standard InChI is InChI=1S/C20H20N4O2/c21-14-15-6-8-17(9-7-15)23-20(26)24-12-10-18(11-13-24)22-19(25)16-4-2-1-3-5-16/h1-9,18H,10-13H2,(H,22,25)(H,23,26). The predicted molar refractivity (Wildman–Crippen MR) is 98.7 cm³/mol. The second-order valence-electron chi connectivity index (χ2n) is 6.22. The van der Waals surface area contributed by atoms with Crippen LogP contribution in [0.2, 0.25) is 0 Å². The lowest BCUT2D eigenvalue weighted by Crippen LogP contribution is -2.47. The zero-order valence-electron chi connectivity index (χ0n) is 14.3. The second-order valence-corrected chi connectivity index (χ2v) is 6.22. The van der Waals surface area contributed by atoms with Crippen LogP contribution in [-0.4, -0.2) is 36.0 Å². The first kappa shape index (κ1) is 17.5. The molecule has 0 bridgehead atoms. The van der Waals surface area contributed by atoms with E-state index in [1.807, 2.05) is 24.3 Å². The summed E-state index contributed by atoms with van der Waals surface area (Å²) in [5, 5.41) is 14.7. The molecular weight excluding hydrogens is 328 g/mol. The van der Waals surface area contributed by atoms with E-state index in [1.165, 1.54) is 0 Å². The van der Waals surface area contributed by atoms with Gasteiger partial charge in [-0.2, -0.15) is 5.26 Å². The molecule has 1 aliphatic heterocycles. The van der Waals surface area contributed by atoms with Crippen molar-refractivity contribution in [3.05, 3.63) is 65.7 Å². The van der Waals surface area contributed by atoms with Gasteiger partial charge in [0, 0.05) is 30.4 Å². The van der Waals surface area contributed by atoms with Crippen LogP contribution in [0.25, 0.3) is 0 Å². The van der Waals surface area contributed by atoms with Gasteiger partial charge in [0.05, 0.1) is 11.6 Å². The van der Waals surface area contributed by atoms with Crippen molar-refractivity contribution in [3.8, 4) is 6.07 Å². The fourth-order valence-electron chi connectivity index (χ4n) is 2.92. The normalized spacial score (nSPS) is 14.3. The number of nitriles is 1. The van der Waals surface area contributed by atoms with Crippen molar-refractivity contribution in [1.82, 2.24) is 10.2 Å². The lowest BCUT2D eigenvalue weighted by molar-refractivity contribution is 0.0919. The number of urea groups is 1. The number of benzene rings is 2. The maximum atomic E-state index is 12.3. The summed E-state index contributed by atoms with van der Waals surface area (Å²) in [5.74, 6) is -0.0777. The summed E-state index contributed by atoms with van der Waals surface area (Å²) in [4.78, 5) is 26.3. The molecule has 6 heteroatoms. The summed E-state index contributed by atoms with van der Waals surface area (Å²) in [7, 11) is 0. The maximum Gasteiger partial charge on any atom is 0.321 e. The smallest absolute Gasteiger partial charge is 0.321 e. The Kier molecular flexibility index (Phi) is 5.49. The molecule has 0 unspecified atom stereocenters. The highest BCUT2D eigenvalue weighted by Gasteiger charge is 2.24. The van der Waals surface area contributed by atoms with Crippen LogP contribution in [0, 0.1) is 11.3 Å². The number of hydrogen-bond donors (Lipinski definition) is 2. The minimum absolute atomic E-state index is 0.0710. The number of nitrogens with zero attached hydrogens (tertiary/aromatic N) is 2. The number of amides is 3. The van der Waals surface area contributed by atoms with Crippen molar-refractivity contribution in [2.75, 3.05) is 18.4 Å². The van der Waals surface area contributed by atoms with E-state index in [-0.39, 0.29) is 18.0 Å². The number of hydrogen-bond acceptors (Lipinski definition) is 3. The highest BCUT2D eigenvalue weighted by molar-refractivity contribution is 5.94. The number of likely N-dealkylation sites (tertiary alicyclic amines) is 1. The molecule has 6 nitrogen and oxygen atoms in total.